The maximum Gasteiger partial charge on any atom is 0.325 e. The number of carboxylic acid groups (broad SMARTS) is 1. The van der Waals surface area contributed by atoms with Crippen LogP contribution in [0.15, 0.2) is 35.9 Å². The van der Waals surface area contributed by atoms with Gasteiger partial charge in [0.2, 0.25) is 0 Å². The van der Waals surface area contributed by atoms with Gasteiger partial charge >= 0.3 is 12.0 Å². The molecule has 1 aromatic carbocycles. The van der Waals surface area contributed by atoms with Crippen molar-refractivity contribution >= 4 is 24.6 Å². The SMILES string of the molecule is C=C(S)N(C[C@H](OCCC#N)c1ccccc1OC)C(=O)NC(C)C(=O)O. The van der Waals surface area contributed by atoms with Crippen LogP contribution in [0, 0.1) is 11.3 Å². The molecule has 0 aliphatic rings. The molecule has 1 rings (SSSR count). The lowest BCUT2D eigenvalue weighted by Gasteiger charge is -2.29. The molecule has 0 aliphatic carbocycles. The monoisotopic (exact) mass is 393 g/mol. The van der Waals surface area contributed by atoms with Crippen molar-refractivity contribution in [1.29, 1.82) is 5.26 Å². The second kappa shape index (κ2) is 11.1. The van der Waals surface area contributed by atoms with Crippen molar-refractivity contribution in [3.8, 4) is 11.8 Å². The summed E-state index contributed by atoms with van der Waals surface area (Å²) < 4.78 is 11.1. The van der Waals surface area contributed by atoms with Crippen LogP contribution in [0.25, 0.3) is 0 Å². The highest BCUT2D eigenvalue weighted by Gasteiger charge is 2.26. The van der Waals surface area contributed by atoms with Gasteiger partial charge in [0.25, 0.3) is 0 Å². The lowest BCUT2D eigenvalue weighted by molar-refractivity contribution is -0.138. The van der Waals surface area contributed by atoms with Gasteiger partial charge in [-0.25, -0.2) is 4.79 Å². The molecule has 1 unspecified atom stereocenters. The van der Waals surface area contributed by atoms with Crippen molar-refractivity contribution in [1.82, 2.24) is 10.2 Å². The number of nitrogens with one attached hydrogen (secondary N) is 1. The number of carbonyl (C=O) groups is 2. The Morgan fingerprint density at radius 3 is 2.67 bits per heavy atom. The van der Waals surface area contributed by atoms with Gasteiger partial charge in [0.1, 0.15) is 17.9 Å². The minimum absolute atomic E-state index is 0.00626. The fraction of sp³-hybridized carbons (Fsp3) is 0.389. The second-order valence-electron chi connectivity index (χ2n) is 5.55. The Morgan fingerprint density at radius 2 is 2.11 bits per heavy atom. The molecule has 1 aromatic rings. The zero-order valence-electron chi connectivity index (χ0n) is 15.2. The van der Waals surface area contributed by atoms with E-state index >= 15 is 0 Å². The summed E-state index contributed by atoms with van der Waals surface area (Å²) in [5.74, 6) is -0.608. The third-order valence-corrected chi connectivity index (χ3v) is 3.88. The molecule has 2 N–H and O–H groups in total. The van der Waals surface area contributed by atoms with E-state index in [0.29, 0.717) is 11.3 Å². The fourth-order valence-corrected chi connectivity index (χ4v) is 2.39. The molecule has 0 bridgehead atoms. The van der Waals surface area contributed by atoms with E-state index in [1.165, 1.54) is 18.9 Å². The summed E-state index contributed by atoms with van der Waals surface area (Å²) >= 11 is 4.14. The molecule has 0 spiro atoms. The van der Waals surface area contributed by atoms with E-state index in [1.807, 2.05) is 6.07 Å². The molecular weight excluding hydrogens is 370 g/mol. The molecule has 0 heterocycles. The van der Waals surface area contributed by atoms with E-state index < -0.39 is 24.1 Å². The first-order valence-electron chi connectivity index (χ1n) is 8.12. The minimum atomic E-state index is -1.17. The van der Waals surface area contributed by atoms with Crippen molar-refractivity contribution in [2.75, 3.05) is 20.3 Å². The molecule has 0 aromatic heterocycles. The van der Waals surface area contributed by atoms with Gasteiger partial charge in [-0.1, -0.05) is 24.8 Å². The first-order valence-corrected chi connectivity index (χ1v) is 8.56. The van der Waals surface area contributed by atoms with Crippen molar-refractivity contribution in [2.24, 2.45) is 0 Å². The number of methoxy groups -OCH3 is 1. The highest BCUT2D eigenvalue weighted by molar-refractivity contribution is 7.84. The molecule has 0 saturated heterocycles. The van der Waals surface area contributed by atoms with Crippen LogP contribution in [0.3, 0.4) is 0 Å². The molecule has 0 fully saturated rings. The zero-order chi connectivity index (χ0) is 20.4. The summed E-state index contributed by atoms with van der Waals surface area (Å²) in [5, 5.41) is 20.2. The van der Waals surface area contributed by atoms with E-state index in [0.717, 1.165) is 0 Å². The van der Waals surface area contributed by atoms with E-state index in [-0.39, 0.29) is 24.6 Å². The van der Waals surface area contributed by atoms with Crippen LogP contribution in [0.4, 0.5) is 4.79 Å². The normalized spacial score (nSPS) is 12.4. The third-order valence-electron chi connectivity index (χ3n) is 3.63. The number of nitrogens with zero attached hydrogens (tertiary/aromatic N) is 2. The summed E-state index contributed by atoms with van der Waals surface area (Å²) in [6.07, 6.45) is -0.459. The number of ether oxygens (including phenoxy) is 2. The molecule has 8 nitrogen and oxygen atoms in total. The number of amides is 2. The van der Waals surface area contributed by atoms with Crippen molar-refractivity contribution in [3.05, 3.63) is 41.4 Å². The largest absolute Gasteiger partial charge is 0.496 e. The third kappa shape index (κ3) is 6.84. The number of urea groups is 1. The molecule has 146 valence electrons. The predicted molar refractivity (Wildman–Crippen MR) is 102 cm³/mol. The van der Waals surface area contributed by atoms with E-state index in [4.69, 9.17) is 19.8 Å². The Balaban J connectivity index is 3.08. The molecule has 9 heteroatoms. The van der Waals surface area contributed by atoms with Gasteiger partial charge in [-0.05, 0) is 13.0 Å². The number of rotatable bonds is 10. The highest BCUT2D eigenvalue weighted by Crippen LogP contribution is 2.29. The van der Waals surface area contributed by atoms with Crippen LogP contribution in [0.5, 0.6) is 5.75 Å². The van der Waals surface area contributed by atoms with Gasteiger partial charge < -0.3 is 19.9 Å². The fourth-order valence-electron chi connectivity index (χ4n) is 2.22. The zero-order valence-corrected chi connectivity index (χ0v) is 16.1. The number of carbonyl (C=O) groups excluding carboxylic acids is 1. The van der Waals surface area contributed by atoms with Crippen LogP contribution >= 0.6 is 12.6 Å². The Bertz CT molecular complexity index is 719. The Labute approximate surface area is 163 Å². The number of hydrogen-bond acceptors (Lipinski definition) is 6. The lowest BCUT2D eigenvalue weighted by Crippen LogP contribution is -2.47. The lowest BCUT2D eigenvalue weighted by atomic mass is 10.1. The standard InChI is InChI=1S/C18H23N3O5S/c1-12(17(22)23)20-18(24)21(13(2)27)11-16(26-10-6-9-19)14-7-4-5-8-15(14)25-3/h4-5,7-8,12,16,27H,2,6,10-11H2,1,3H3,(H,20,24)(H,22,23)/t12?,16-/m0/s1. The number of aliphatic carboxylic acids is 1. The maximum absolute atomic E-state index is 12.5. The summed E-state index contributed by atoms with van der Waals surface area (Å²) in [4.78, 5) is 24.6. The van der Waals surface area contributed by atoms with E-state index in [2.05, 4.69) is 24.5 Å². The number of thiol groups is 1. The number of hydrogen-bond donors (Lipinski definition) is 3. The van der Waals surface area contributed by atoms with Crippen LogP contribution in [0.2, 0.25) is 0 Å². The molecule has 0 radical (unpaired) electrons. The van der Waals surface area contributed by atoms with Crippen molar-refractivity contribution < 1.29 is 24.2 Å². The topological polar surface area (TPSA) is 112 Å². The Kier molecular flexibility index (Phi) is 9.19. The maximum atomic E-state index is 12.5. The average molecular weight is 393 g/mol. The van der Waals surface area contributed by atoms with E-state index in [1.54, 1.807) is 24.3 Å². The van der Waals surface area contributed by atoms with Crippen LogP contribution in [0.1, 0.15) is 25.0 Å². The number of carboxylic acids is 1. The van der Waals surface area contributed by atoms with Gasteiger partial charge in [0, 0.05) is 5.56 Å². The summed E-state index contributed by atoms with van der Waals surface area (Å²) in [6, 6.07) is 7.37. The number of nitriles is 1. The summed E-state index contributed by atoms with van der Waals surface area (Å²) in [5.41, 5.74) is 0.677. The highest BCUT2D eigenvalue weighted by atomic mass is 32.1. The van der Waals surface area contributed by atoms with Crippen LogP contribution < -0.4 is 10.1 Å². The number of para-hydroxylation sites is 1. The Morgan fingerprint density at radius 1 is 1.44 bits per heavy atom. The van der Waals surface area contributed by atoms with Crippen LogP contribution in [-0.2, 0) is 9.53 Å². The second-order valence-corrected chi connectivity index (χ2v) is 6.06. The van der Waals surface area contributed by atoms with E-state index in [9.17, 15) is 9.59 Å². The van der Waals surface area contributed by atoms with Crippen molar-refractivity contribution in [2.45, 2.75) is 25.5 Å². The van der Waals surface area contributed by atoms with Gasteiger partial charge in [-0.15, -0.1) is 12.6 Å². The smallest absolute Gasteiger partial charge is 0.325 e. The summed E-state index contributed by atoms with van der Waals surface area (Å²) in [6.45, 7) is 5.16. The van der Waals surface area contributed by atoms with Gasteiger partial charge in [0.15, 0.2) is 0 Å². The van der Waals surface area contributed by atoms with Crippen molar-refractivity contribution in [3.63, 3.8) is 0 Å². The van der Waals surface area contributed by atoms with Gasteiger partial charge in [-0.3, -0.25) is 9.69 Å². The molecule has 0 saturated carbocycles. The quantitative estimate of drug-likeness (QED) is 0.416. The molecule has 2 amide bonds. The first-order chi connectivity index (χ1) is 12.8. The summed E-state index contributed by atoms with van der Waals surface area (Å²) in [7, 11) is 1.52. The molecule has 0 aliphatic heterocycles. The van der Waals surface area contributed by atoms with Gasteiger partial charge in [-0.2, -0.15) is 5.26 Å². The minimum Gasteiger partial charge on any atom is -0.496 e. The molecule has 27 heavy (non-hydrogen) atoms. The molecule has 2 atom stereocenters. The predicted octanol–water partition coefficient (Wildman–Crippen LogP) is 2.55. The average Bonchev–Trinajstić information content (AvgIpc) is 2.63. The first kappa shape index (κ1) is 22.3. The number of benzene rings is 1. The van der Waals surface area contributed by atoms with Crippen LogP contribution in [-0.4, -0.2) is 48.3 Å². The Hall–Kier alpha value is -2.70. The molecular formula is C18H23N3O5S. The van der Waals surface area contributed by atoms with Gasteiger partial charge in [0.05, 0.1) is 37.8 Å².